The second kappa shape index (κ2) is 9.75. The van der Waals surface area contributed by atoms with Gasteiger partial charge >= 0.3 is 0 Å². The number of pyridine rings is 1. The van der Waals surface area contributed by atoms with Gasteiger partial charge in [0.15, 0.2) is 5.96 Å². The maximum absolute atomic E-state index is 5.89. The average Bonchev–Trinajstić information content (AvgIpc) is 3.25. The first-order chi connectivity index (χ1) is 13.6. The molecule has 1 atom stereocenters. The lowest BCUT2D eigenvalue weighted by Crippen LogP contribution is -2.41. The summed E-state index contributed by atoms with van der Waals surface area (Å²) in [5.74, 6) is 2.31. The number of benzene rings is 1. The maximum Gasteiger partial charge on any atom is 0.191 e. The van der Waals surface area contributed by atoms with Crippen LogP contribution in [0.25, 0.3) is 5.82 Å². The minimum atomic E-state index is -0.0316. The van der Waals surface area contributed by atoms with Gasteiger partial charge in [0.25, 0.3) is 0 Å². The molecule has 2 aromatic heterocycles. The van der Waals surface area contributed by atoms with E-state index in [-0.39, 0.29) is 6.10 Å². The van der Waals surface area contributed by atoms with Crippen LogP contribution in [-0.4, -0.2) is 40.2 Å². The van der Waals surface area contributed by atoms with Crippen LogP contribution in [0.4, 0.5) is 0 Å². The van der Waals surface area contributed by atoms with Crippen molar-refractivity contribution in [2.45, 2.75) is 19.6 Å². The first kappa shape index (κ1) is 19.7. The highest BCUT2D eigenvalue weighted by Crippen LogP contribution is 2.16. The zero-order chi connectivity index (χ0) is 19.8. The standard InChI is InChI=1S/C20H23ClN6O/c1-15(28-18-6-4-17(21)5-7-18)11-25-20(22-2)26-13-16-3-8-19(24-12-16)27-10-9-23-14-27/h3-10,12,14-15H,11,13H2,1-2H3,(H2,22,25,26). The first-order valence-corrected chi connectivity index (χ1v) is 9.32. The summed E-state index contributed by atoms with van der Waals surface area (Å²) in [6.07, 6.45) is 7.11. The number of nitrogens with one attached hydrogen (secondary N) is 2. The molecule has 0 aliphatic rings. The minimum Gasteiger partial charge on any atom is -0.489 e. The molecular formula is C20H23ClN6O. The SMILES string of the molecule is CN=C(NCc1ccc(-n2ccnc2)nc1)NCC(C)Oc1ccc(Cl)cc1. The van der Waals surface area contributed by atoms with Crippen LogP contribution in [0.2, 0.25) is 5.02 Å². The Morgan fingerprint density at radius 2 is 2.04 bits per heavy atom. The van der Waals surface area contributed by atoms with Gasteiger partial charge in [0.05, 0.1) is 6.54 Å². The van der Waals surface area contributed by atoms with Gasteiger partial charge in [-0.05, 0) is 42.8 Å². The second-order valence-electron chi connectivity index (χ2n) is 6.18. The predicted molar refractivity (Wildman–Crippen MR) is 111 cm³/mol. The summed E-state index contributed by atoms with van der Waals surface area (Å²) in [7, 11) is 1.74. The molecule has 7 nitrogen and oxygen atoms in total. The first-order valence-electron chi connectivity index (χ1n) is 8.94. The summed E-state index contributed by atoms with van der Waals surface area (Å²) < 4.78 is 7.72. The van der Waals surface area contributed by atoms with E-state index >= 15 is 0 Å². The summed E-state index contributed by atoms with van der Waals surface area (Å²) in [4.78, 5) is 12.7. The highest BCUT2D eigenvalue weighted by atomic mass is 35.5. The fraction of sp³-hybridized carbons (Fsp3) is 0.250. The monoisotopic (exact) mass is 398 g/mol. The fourth-order valence-corrected chi connectivity index (χ4v) is 2.63. The van der Waals surface area contributed by atoms with Crippen molar-refractivity contribution in [2.75, 3.05) is 13.6 Å². The molecular weight excluding hydrogens is 376 g/mol. The van der Waals surface area contributed by atoms with E-state index in [9.17, 15) is 0 Å². The van der Waals surface area contributed by atoms with Crippen LogP contribution in [0, 0.1) is 0 Å². The Morgan fingerprint density at radius 3 is 2.68 bits per heavy atom. The molecule has 0 aliphatic carbocycles. The molecule has 0 fully saturated rings. The molecule has 2 N–H and O–H groups in total. The summed E-state index contributed by atoms with van der Waals surface area (Å²) in [6.45, 7) is 3.22. The van der Waals surface area contributed by atoms with Gasteiger partial charge in [0.2, 0.25) is 0 Å². The summed E-state index contributed by atoms with van der Waals surface area (Å²) in [6, 6.07) is 11.3. The van der Waals surface area contributed by atoms with Gasteiger partial charge in [-0.3, -0.25) is 9.56 Å². The molecule has 0 amide bonds. The van der Waals surface area contributed by atoms with Crippen LogP contribution in [0.3, 0.4) is 0 Å². The van der Waals surface area contributed by atoms with E-state index in [0.29, 0.717) is 24.1 Å². The molecule has 0 bridgehead atoms. The van der Waals surface area contributed by atoms with Crippen molar-refractivity contribution < 1.29 is 4.74 Å². The van der Waals surface area contributed by atoms with E-state index in [1.165, 1.54) is 0 Å². The largest absolute Gasteiger partial charge is 0.489 e. The zero-order valence-corrected chi connectivity index (χ0v) is 16.6. The van der Waals surface area contributed by atoms with Crippen LogP contribution in [0.5, 0.6) is 5.75 Å². The second-order valence-corrected chi connectivity index (χ2v) is 6.62. The zero-order valence-electron chi connectivity index (χ0n) is 15.8. The molecule has 3 rings (SSSR count). The summed E-state index contributed by atoms with van der Waals surface area (Å²) >= 11 is 5.89. The summed E-state index contributed by atoms with van der Waals surface area (Å²) in [5.41, 5.74) is 1.05. The fourth-order valence-electron chi connectivity index (χ4n) is 2.50. The third-order valence-corrected chi connectivity index (χ3v) is 4.22. The normalized spacial score (nSPS) is 12.5. The van der Waals surface area contributed by atoms with E-state index in [4.69, 9.17) is 16.3 Å². The van der Waals surface area contributed by atoms with Crippen molar-refractivity contribution in [1.29, 1.82) is 0 Å². The maximum atomic E-state index is 5.89. The number of guanidine groups is 1. The van der Waals surface area contributed by atoms with E-state index in [1.807, 2.05) is 60.3 Å². The number of hydrogen-bond donors (Lipinski definition) is 2. The third kappa shape index (κ3) is 5.72. The number of halogens is 1. The quantitative estimate of drug-likeness (QED) is 0.472. The Balaban J connectivity index is 1.44. The topological polar surface area (TPSA) is 76.4 Å². The number of rotatable bonds is 7. The van der Waals surface area contributed by atoms with Crippen molar-refractivity contribution in [1.82, 2.24) is 25.2 Å². The van der Waals surface area contributed by atoms with Crippen LogP contribution in [0.1, 0.15) is 12.5 Å². The van der Waals surface area contributed by atoms with Crippen molar-refractivity contribution in [3.05, 3.63) is 71.9 Å². The van der Waals surface area contributed by atoms with Gasteiger partial charge in [0.1, 0.15) is 24.0 Å². The molecule has 2 heterocycles. The Kier molecular flexibility index (Phi) is 6.86. The molecule has 0 radical (unpaired) electrons. The Bertz CT molecular complexity index is 878. The highest BCUT2D eigenvalue weighted by Gasteiger charge is 2.06. The minimum absolute atomic E-state index is 0.0316. The lowest BCUT2D eigenvalue weighted by Gasteiger charge is -2.18. The number of ether oxygens (including phenoxy) is 1. The van der Waals surface area contributed by atoms with Crippen molar-refractivity contribution in [2.24, 2.45) is 4.99 Å². The van der Waals surface area contributed by atoms with Gasteiger partial charge < -0.3 is 15.4 Å². The molecule has 28 heavy (non-hydrogen) atoms. The van der Waals surface area contributed by atoms with Gasteiger partial charge in [-0.1, -0.05) is 17.7 Å². The summed E-state index contributed by atoms with van der Waals surface area (Å²) in [5, 5.41) is 7.22. The Morgan fingerprint density at radius 1 is 1.21 bits per heavy atom. The molecule has 8 heteroatoms. The molecule has 1 aromatic carbocycles. The number of imidazole rings is 1. The van der Waals surface area contributed by atoms with Gasteiger partial charge in [-0.2, -0.15) is 0 Å². The number of hydrogen-bond acceptors (Lipinski definition) is 4. The van der Waals surface area contributed by atoms with Crippen molar-refractivity contribution >= 4 is 17.6 Å². The molecule has 3 aromatic rings. The van der Waals surface area contributed by atoms with Gasteiger partial charge in [-0.15, -0.1) is 0 Å². The Labute approximate surface area is 169 Å². The van der Waals surface area contributed by atoms with Crippen molar-refractivity contribution in [3.8, 4) is 11.6 Å². The van der Waals surface area contributed by atoms with E-state index < -0.39 is 0 Å². The lowest BCUT2D eigenvalue weighted by atomic mass is 10.3. The molecule has 0 spiro atoms. The van der Waals surface area contributed by atoms with Crippen LogP contribution >= 0.6 is 11.6 Å². The number of aliphatic imine (C=N–C) groups is 1. The molecule has 0 saturated carbocycles. The Hall–Kier alpha value is -3.06. The lowest BCUT2D eigenvalue weighted by molar-refractivity contribution is 0.224. The van der Waals surface area contributed by atoms with Crippen molar-refractivity contribution in [3.63, 3.8) is 0 Å². The third-order valence-electron chi connectivity index (χ3n) is 3.97. The van der Waals surface area contributed by atoms with Gasteiger partial charge in [-0.25, -0.2) is 9.97 Å². The molecule has 0 aliphatic heterocycles. The number of nitrogens with zero attached hydrogens (tertiary/aromatic N) is 4. The molecule has 146 valence electrons. The average molecular weight is 399 g/mol. The highest BCUT2D eigenvalue weighted by molar-refractivity contribution is 6.30. The van der Waals surface area contributed by atoms with Gasteiger partial charge in [0, 0.05) is 37.2 Å². The van der Waals surface area contributed by atoms with Crippen LogP contribution < -0.4 is 15.4 Å². The smallest absolute Gasteiger partial charge is 0.191 e. The van der Waals surface area contributed by atoms with E-state index in [0.717, 1.165) is 17.1 Å². The number of aromatic nitrogens is 3. The molecule has 1 unspecified atom stereocenters. The van der Waals surface area contributed by atoms with E-state index in [2.05, 4.69) is 25.6 Å². The van der Waals surface area contributed by atoms with Crippen LogP contribution in [-0.2, 0) is 6.54 Å². The van der Waals surface area contributed by atoms with E-state index in [1.54, 1.807) is 19.6 Å². The molecule has 0 saturated heterocycles. The predicted octanol–water partition coefficient (Wildman–Crippen LogP) is 3.05. The van der Waals surface area contributed by atoms with Crippen LogP contribution in [0.15, 0.2) is 66.3 Å².